The molecule has 4 heteroatoms. The smallest absolute Gasteiger partial charge is 0.181 e. The second-order valence-electron chi connectivity index (χ2n) is 3.20. The fraction of sp³-hybridized carbons (Fsp3) is 0.273. The maximum Gasteiger partial charge on any atom is 0.181 e. The van der Waals surface area contributed by atoms with Crippen molar-refractivity contribution >= 4 is 21.6 Å². The lowest BCUT2D eigenvalue weighted by Gasteiger charge is -2.01. The molecule has 1 aromatic rings. The Kier molecular flexibility index (Phi) is 4.42. The minimum absolute atomic E-state index is 0.0664. The van der Waals surface area contributed by atoms with Crippen LogP contribution in [0.2, 0.25) is 0 Å². The van der Waals surface area contributed by atoms with E-state index in [-0.39, 0.29) is 5.75 Å². The minimum Gasteiger partial charge on any atom is -0.223 e. The van der Waals surface area contributed by atoms with Crippen LogP contribution in [0, 0.1) is 6.92 Å². The number of sulfone groups is 1. The monoisotopic (exact) mass is 242 g/mol. The predicted octanol–water partition coefficient (Wildman–Crippen LogP) is 2.65. The van der Waals surface area contributed by atoms with Crippen LogP contribution in [-0.2, 0) is 9.84 Å². The first-order valence-electron chi connectivity index (χ1n) is 4.53. The molecular formula is C11H14O2S2. The number of hydrogen-bond acceptors (Lipinski definition) is 3. The summed E-state index contributed by atoms with van der Waals surface area (Å²) in [5.41, 5.74) is 1.06. The van der Waals surface area contributed by atoms with Gasteiger partial charge in [-0.3, -0.25) is 0 Å². The van der Waals surface area contributed by atoms with Gasteiger partial charge < -0.3 is 0 Å². The van der Waals surface area contributed by atoms with Crippen molar-refractivity contribution < 1.29 is 8.42 Å². The topological polar surface area (TPSA) is 34.1 Å². The Balaban J connectivity index is 2.87. The molecule has 0 bridgehead atoms. The van der Waals surface area contributed by atoms with Crippen LogP contribution >= 0.6 is 11.8 Å². The summed E-state index contributed by atoms with van der Waals surface area (Å²) >= 11 is 1.49. The van der Waals surface area contributed by atoms with Crippen LogP contribution in [0.5, 0.6) is 0 Å². The zero-order chi connectivity index (χ0) is 11.3. The average Bonchev–Trinajstić information content (AvgIpc) is 2.18. The van der Waals surface area contributed by atoms with Gasteiger partial charge in [0.05, 0.1) is 10.6 Å². The van der Waals surface area contributed by atoms with Crippen LogP contribution in [0.3, 0.4) is 0 Å². The molecule has 15 heavy (non-hydrogen) atoms. The number of rotatable bonds is 4. The molecule has 0 amide bonds. The molecule has 0 fully saturated rings. The molecule has 0 aliphatic heterocycles. The lowest BCUT2D eigenvalue weighted by atomic mass is 10.2. The van der Waals surface area contributed by atoms with Crippen molar-refractivity contribution in [1.29, 1.82) is 0 Å². The summed E-state index contributed by atoms with van der Waals surface area (Å²) < 4.78 is 23.5. The fourth-order valence-corrected chi connectivity index (χ4v) is 2.61. The van der Waals surface area contributed by atoms with Gasteiger partial charge in [0, 0.05) is 0 Å². The molecule has 0 aliphatic rings. The second kappa shape index (κ2) is 5.37. The second-order valence-corrected chi connectivity index (χ2v) is 5.98. The van der Waals surface area contributed by atoms with Crippen LogP contribution in [0.1, 0.15) is 5.56 Å². The first-order valence-corrected chi connectivity index (χ1v) is 7.47. The van der Waals surface area contributed by atoms with Gasteiger partial charge in [0.2, 0.25) is 0 Å². The highest BCUT2D eigenvalue weighted by molar-refractivity contribution is 8.01. The van der Waals surface area contributed by atoms with Gasteiger partial charge in [0.25, 0.3) is 0 Å². The number of benzene rings is 1. The van der Waals surface area contributed by atoms with E-state index in [0.29, 0.717) is 4.90 Å². The van der Waals surface area contributed by atoms with Crippen molar-refractivity contribution in [3.05, 3.63) is 41.3 Å². The normalized spacial score (nSPS) is 12.1. The van der Waals surface area contributed by atoms with Crippen molar-refractivity contribution in [2.24, 2.45) is 0 Å². The summed E-state index contributed by atoms with van der Waals surface area (Å²) in [6.45, 7) is 1.93. The zero-order valence-electron chi connectivity index (χ0n) is 8.80. The van der Waals surface area contributed by atoms with Crippen LogP contribution in [0.15, 0.2) is 40.6 Å². The molecule has 0 N–H and O–H groups in total. The van der Waals surface area contributed by atoms with E-state index in [1.165, 1.54) is 11.8 Å². The molecule has 82 valence electrons. The van der Waals surface area contributed by atoms with Crippen LogP contribution in [0.25, 0.3) is 0 Å². The number of aryl methyl sites for hydroxylation is 1. The molecule has 1 rings (SSSR count). The van der Waals surface area contributed by atoms with Gasteiger partial charge in [0.1, 0.15) is 0 Å². The van der Waals surface area contributed by atoms with Crippen LogP contribution < -0.4 is 0 Å². The molecular weight excluding hydrogens is 228 g/mol. The summed E-state index contributed by atoms with van der Waals surface area (Å²) in [4.78, 5) is 0.388. The van der Waals surface area contributed by atoms with Crippen molar-refractivity contribution in [3.8, 4) is 0 Å². The highest BCUT2D eigenvalue weighted by Gasteiger charge is 2.11. The molecule has 0 atom stereocenters. The predicted molar refractivity (Wildman–Crippen MR) is 65.9 cm³/mol. The van der Waals surface area contributed by atoms with Gasteiger partial charge in [-0.15, -0.1) is 11.8 Å². The Hall–Kier alpha value is -0.740. The Morgan fingerprint density at radius 3 is 2.40 bits per heavy atom. The van der Waals surface area contributed by atoms with E-state index in [4.69, 9.17) is 0 Å². The standard InChI is InChI=1S/C11H14O2S2/c1-10-4-6-11(7-5-10)15(12,13)9-3-8-14-2/h3-8H,9H2,1-2H3. The Labute approximate surface area is 95.3 Å². The highest BCUT2D eigenvalue weighted by Crippen LogP contribution is 2.12. The van der Waals surface area contributed by atoms with Crippen molar-refractivity contribution in [3.63, 3.8) is 0 Å². The third-order valence-corrected chi connectivity index (χ3v) is 4.01. The van der Waals surface area contributed by atoms with Crippen LogP contribution in [0.4, 0.5) is 0 Å². The summed E-state index contributed by atoms with van der Waals surface area (Å²) in [5.74, 6) is 0.0664. The molecule has 0 unspecified atom stereocenters. The van der Waals surface area contributed by atoms with Gasteiger partial charge >= 0.3 is 0 Å². The SMILES string of the molecule is CSC=CCS(=O)(=O)c1ccc(C)cc1. The molecule has 0 aromatic heterocycles. The third kappa shape index (κ3) is 3.72. The number of thioether (sulfide) groups is 1. The molecule has 0 heterocycles. The Bertz CT molecular complexity index is 430. The quantitative estimate of drug-likeness (QED) is 0.814. The van der Waals surface area contributed by atoms with E-state index < -0.39 is 9.84 Å². The van der Waals surface area contributed by atoms with Gasteiger partial charge in [-0.05, 0) is 30.7 Å². The Morgan fingerprint density at radius 2 is 1.87 bits per heavy atom. The van der Waals surface area contributed by atoms with E-state index in [0.717, 1.165) is 5.56 Å². The Morgan fingerprint density at radius 1 is 1.27 bits per heavy atom. The molecule has 0 aliphatic carbocycles. The van der Waals surface area contributed by atoms with E-state index in [1.807, 2.05) is 25.3 Å². The van der Waals surface area contributed by atoms with Crippen LogP contribution in [-0.4, -0.2) is 20.4 Å². The van der Waals surface area contributed by atoms with E-state index in [2.05, 4.69) is 0 Å². The molecule has 1 aromatic carbocycles. The summed E-state index contributed by atoms with van der Waals surface area (Å²) in [6, 6.07) is 6.92. The van der Waals surface area contributed by atoms with Crippen molar-refractivity contribution in [2.75, 3.05) is 12.0 Å². The summed E-state index contributed by atoms with van der Waals surface area (Å²) in [5, 5.41) is 1.78. The lowest BCUT2D eigenvalue weighted by Crippen LogP contribution is -2.04. The largest absolute Gasteiger partial charge is 0.223 e. The first kappa shape index (κ1) is 12.3. The molecule has 0 saturated heterocycles. The number of hydrogen-bond donors (Lipinski definition) is 0. The van der Waals surface area contributed by atoms with E-state index >= 15 is 0 Å². The van der Waals surface area contributed by atoms with Gasteiger partial charge in [-0.1, -0.05) is 23.8 Å². The maximum absolute atomic E-state index is 11.8. The summed E-state index contributed by atoms with van der Waals surface area (Å²) in [7, 11) is -3.15. The minimum atomic E-state index is -3.15. The van der Waals surface area contributed by atoms with Gasteiger partial charge in [0.15, 0.2) is 9.84 Å². The average molecular weight is 242 g/mol. The third-order valence-electron chi connectivity index (χ3n) is 1.93. The molecule has 0 spiro atoms. The zero-order valence-corrected chi connectivity index (χ0v) is 10.4. The molecule has 0 saturated carbocycles. The van der Waals surface area contributed by atoms with Gasteiger partial charge in [-0.25, -0.2) is 8.42 Å². The lowest BCUT2D eigenvalue weighted by molar-refractivity contribution is 0.599. The van der Waals surface area contributed by atoms with Crippen molar-refractivity contribution in [2.45, 2.75) is 11.8 Å². The highest BCUT2D eigenvalue weighted by atomic mass is 32.2. The fourth-order valence-electron chi connectivity index (χ4n) is 1.10. The molecule has 0 radical (unpaired) electrons. The van der Waals surface area contributed by atoms with E-state index in [9.17, 15) is 8.42 Å². The molecule has 2 nitrogen and oxygen atoms in total. The van der Waals surface area contributed by atoms with Crippen molar-refractivity contribution in [1.82, 2.24) is 0 Å². The summed E-state index contributed by atoms with van der Waals surface area (Å²) in [6.07, 6.45) is 3.56. The first-order chi connectivity index (χ1) is 7.06. The van der Waals surface area contributed by atoms with E-state index in [1.54, 1.807) is 23.6 Å². The van der Waals surface area contributed by atoms with Gasteiger partial charge in [-0.2, -0.15) is 0 Å². The maximum atomic E-state index is 11.8.